The van der Waals surface area contributed by atoms with Gasteiger partial charge in [0.15, 0.2) is 0 Å². The van der Waals surface area contributed by atoms with E-state index in [0.29, 0.717) is 31.5 Å². The van der Waals surface area contributed by atoms with Crippen molar-refractivity contribution in [2.75, 3.05) is 18.0 Å². The molecule has 4 heteroatoms. The van der Waals surface area contributed by atoms with Gasteiger partial charge in [-0.05, 0) is 37.1 Å². The van der Waals surface area contributed by atoms with Crippen molar-refractivity contribution in [2.24, 2.45) is 5.41 Å². The van der Waals surface area contributed by atoms with Crippen LogP contribution in [-0.2, 0) is 0 Å². The predicted molar refractivity (Wildman–Crippen MR) is 66.3 cm³/mol. The van der Waals surface area contributed by atoms with Gasteiger partial charge in [-0.3, -0.25) is 0 Å². The van der Waals surface area contributed by atoms with Crippen molar-refractivity contribution in [2.45, 2.75) is 12.8 Å². The summed E-state index contributed by atoms with van der Waals surface area (Å²) in [6.45, 7) is 1.40. The fraction of sp³-hybridized carbons (Fsp3) is 0.357. The Morgan fingerprint density at radius 2 is 1.50 bits per heavy atom. The van der Waals surface area contributed by atoms with E-state index in [4.69, 9.17) is 15.8 Å². The number of piperidine rings is 1. The van der Waals surface area contributed by atoms with Gasteiger partial charge >= 0.3 is 0 Å². The summed E-state index contributed by atoms with van der Waals surface area (Å²) < 4.78 is 0. The first-order chi connectivity index (χ1) is 8.73. The summed E-state index contributed by atoms with van der Waals surface area (Å²) in [6.07, 6.45) is 1.14. The van der Waals surface area contributed by atoms with Crippen LogP contribution in [0.1, 0.15) is 18.4 Å². The molecule has 1 fully saturated rings. The highest BCUT2D eigenvalue weighted by atomic mass is 15.1. The third kappa shape index (κ3) is 2.12. The molecule has 1 saturated heterocycles. The van der Waals surface area contributed by atoms with E-state index in [9.17, 15) is 0 Å². The standard InChI is InChI=1S/C14H12N4/c15-9-12-1-3-13(4-2-12)18-7-5-14(10-16,11-17)6-8-18/h1-4H,5-8H2. The zero-order valence-electron chi connectivity index (χ0n) is 9.93. The van der Waals surface area contributed by atoms with Crippen molar-refractivity contribution in [1.82, 2.24) is 0 Å². The molecule has 0 bridgehead atoms. The molecule has 0 spiro atoms. The van der Waals surface area contributed by atoms with Gasteiger partial charge < -0.3 is 4.90 Å². The SMILES string of the molecule is N#Cc1ccc(N2CCC(C#N)(C#N)CC2)cc1. The monoisotopic (exact) mass is 236 g/mol. The molecule has 4 nitrogen and oxygen atoms in total. The molecule has 0 atom stereocenters. The smallest absolute Gasteiger partial charge is 0.147 e. The summed E-state index contributed by atoms with van der Waals surface area (Å²) in [7, 11) is 0. The Kier molecular flexibility index (Phi) is 3.18. The maximum atomic E-state index is 9.04. The molecule has 0 aliphatic carbocycles. The lowest BCUT2D eigenvalue weighted by Gasteiger charge is -2.34. The van der Waals surface area contributed by atoms with Crippen LogP contribution >= 0.6 is 0 Å². The number of benzene rings is 1. The summed E-state index contributed by atoms with van der Waals surface area (Å²) in [5, 5.41) is 26.8. The van der Waals surface area contributed by atoms with Gasteiger partial charge in [-0.25, -0.2) is 0 Å². The first kappa shape index (κ1) is 12.0. The van der Waals surface area contributed by atoms with Crippen LogP contribution in [0.5, 0.6) is 0 Å². The molecule has 1 aliphatic heterocycles. The molecule has 1 aromatic carbocycles. The molecule has 1 heterocycles. The highest BCUT2D eigenvalue weighted by molar-refractivity contribution is 5.50. The molecule has 18 heavy (non-hydrogen) atoms. The molecule has 0 radical (unpaired) electrons. The van der Waals surface area contributed by atoms with Gasteiger partial charge in [0, 0.05) is 18.8 Å². The van der Waals surface area contributed by atoms with Gasteiger partial charge in [0.2, 0.25) is 0 Å². The highest BCUT2D eigenvalue weighted by Gasteiger charge is 2.34. The minimum absolute atomic E-state index is 0.569. The third-order valence-corrected chi connectivity index (χ3v) is 3.41. The van der Waals surface area contributed by atoms with E-state index in [0.717, 1.165) is 5.69 Å². The van der Waals surface area contributed by atoms with Crippen LogP contribution in [0.3, 0.4) is 0 Å². The Morgan fingerprint density at radius 3 is 1.94 bits per heavy atom. The summed E-state index contributed by atoms with van der Waals surface area (Å²) in [4.78, 5) is 2.15. The molecule has 0 aromatic heterocycles. The third-order valence-electron chi connectivity index (χ3n) is 3.41. The van der Waals surface area contributed by atoms with E-state index in [2.05, 4.69) is 23.1 Å². The Morgan fingerprint density at radius 1 is 0.944 bits per heavy atom. The van der Waals surface area contributed by atoms with E-state index in [1.165, 1.54) is 0 Å². The molecule has 1 aliphatic rings. The van der Waals surface area contributed by atoms with Gasteiger partial charge in [0.1, 0.15) is 5.41 Å². The molecular weight excluding hydrogens is 224 g/mol. The Hall–Kier alpha value is -2.51. The number of anilines is 1. The van der Waals surface area contributed by atoms with Gasteiger partial charge in [-0.15, -0.1) is 0 Å². The fourth-order valence-corrected chi connectivity index (χ4v) is 2.14. The van der Waals surface area contributed by atoms with Gasteiger partial charge in [0.25, 0.3) is 0 Å². The fourth-order valence-electron chi connectivity index (χ4n) is 2.14. The molecule has 1 aromatic rings. The van der Waals surface area contributed by atoms with Gasteiger partial charge in [-0.2, -0.15) is 15.8 Å². The Labute approximate surface area is 106 Å². The van der Waals surface area contributed by atoms with Crippen molar-refractivity contribution < 1.29 is 0 Å². The molecule has 0 unspecified atom stereocenters. The van der Waals surface area contributed by atoms with Crippen LogP contribution < -0.4 is 4.90 Å². The minimum Gasteiger partial charge on any atom is -0.371 e. The number of nitriles is 3. The normalized spacial score (nSPS) is 17.3. The molecule has 0 amide bonds. The lowest BCUT2D eigenvalue weighted by molar-refractivity contribution is 0.393. The van der Waals surface area contributed by atoms with E-state index >= 15 is 0 Å². The quantitative estimate of drug-likeness (QED) is 0.749. The summed E-state index contributed by atoms with van der Waals surface area (Å²) in [5.41, 5.74) is 0.862. The highest BCUT2D eigenvalue weighted by Crippen LogP contribution is 2.32. The number of hydrogen-bond donors (Lipinski definition) is 0. The zero-order valence-corrected chi connectivity index (χ0v) is 9.93. The van der Waals surface area contributed by atoms with E-state index < -0.39 is 5.41 Å². The van der Waals surface area contributed by atoms with Crippen LogP contribution in [0.4, 0.5) is 5.69 Å². The Balaban J connectivity index is 2.09. The van der Waals surface area contributed by atoms with Crippen molar-refractivity contribution in [1.29, 1.82) is 15.8 Å². The molecule has 88 valence electrons. The summed E-state index contributed by atoms with van der Waals surface area (Å²) in [6, 6.07) is 13.7. The number of hydrogen-bond acceptors (Lipinski definition) is 4. The van der Waals surface area contributed by atoms with E-state index in [1.807, 2.05) is 12.1 Å². The zero-order chi connectivity index (χ0) is 13.0. The second kappa shape index (κ2) is 4.78. The van der Waals surface area contributed by atoms with Gasteiger partial charge in [0.05, 0.1) is 23.8 Å². The average Bonchev–Trinajstić information content (AvgIpc) is 2.47. The topological polar surface area (TPSA) is 74.6 Å². The Bertz CT molecular complexity index is 529. The second-order valence-corrected chi connectivity index (χ2v) is 4.45. The predicted octanol–water partition coefficient (Wildman–Crippen LogP) is 2.19. The van der Waals surface area contributed by atoms with Crippen LogP contribution in [0.25, 0.3) is 0 Å². The van der Waals surface area contributed by atoms with Crippen molar-refractivity contribution >= 4 is 5.69 Å². The van der Waals surface area contributed by atoms with E-state index in [1.54, 1.807) is 12.1 Å². The molecular formula is C14H12N4. The number of rotatable bonds is 1. The molecule has 2 rings (SSSR count). The first-order valence-electron chi connectivity index (χ1n) is 5.81. The average molecular weight is 236 g/mol. The second-order valence-electron chi connectivity index (χ2n) is 4.45. The largest absolute Gasteiger partial charge is 0.371 e. The summed E-state index contributed by atoms with van der Waals surface area (Å²) in [5.74, 6) is 0. The maximum Gasteiger partial charge on any atom is 0.147 e. The van der Waals surface area contributed by atoms with Crippen LogP contribution in [0.15, 0.2) is 24.3 Å². The molecule has 0 N–H and O–H groups in total. The molecule has 0 saturated carbocycles. The number of nitrogens with zero attached hydrogens (tertiary/aromatic N) is 4. The summed E-state index contributed by atoms with van der Waals surface area (Å²) >= 11 is 0. The van der Waals surface area contributed by atoms with Crippen molar-refractivity contribution in [3.63, 3.8) is 0 Å². The minimum atomic E-state index is -0.816. The lowest BCUT2D eigenvalue weighted by atomic mass is 9.81. The first-order valence-corrected chi connectivity index (χ1v) is 5.81. The van der Waals surface area contributed by atoms with Crippen molar-refractivity contribution in [3.05, 3.63) is 29.8 Å². The lowest BCUT2D eigenvalue weighted by Crippen LogP contribution is -2.38. The van der Waals surface area contributed by atoms with Crippen LogP contribution in [0, 0.1) is 39.4 Å². The van der Waals surface area contributed by atoms with E-state index in [-0.39, 0.29) is 0 Å². The maximum absolute atomic E-state index is 9.04. The van der Waals surface area contributed by atoms with Crippen LogP contribution in [-0.4, -0.2) is 13.1 Å². The van der Waals surface area contributed by atoms with Gasteiger partial charge in [-0.1, -0.05) is 0 Å². The van der Waals surface area contributed by atoms with Crippen molar-refractivity contribution in [3.8, 4) is 18.2 Å². The van der Waals surface area contributed by atoms with Crippen LogP contribution in [0.2, 0.25) is 0 Å².